The average Bonchev–Trinajstić information content (AvgIpc) is 2.33. The van der Waals surface area contributed by atoms with Crippen molar-refractivity contribution in [1.29, 1.82) is 0 Å². The number of hydrogen-bond donors (Lipinski definition) is 4. The molecule has 17 heavy (non-hydrogen) atoms. The van der Waals surface area contributed by atoms with Crippen LogP contribution in [0.4, 0.5) is 5.69 Å². The van der Waals surface area contributed by atoms with Gasteiger partial charge in [0.2, 0.25) is 0 Å². The van der Waals surface area contributed by atoms with Crippen LogP contribution in [0.5, 0.6) is 5.75 Å². The molecule has 1 saturated heterocycles. The van der Waals surface area contributed by atoms with Crippen LogP contribution in [0.15, 0.2) is 24.3 Å². The van der Waals surface area contributed by atoms with Crippen molar-refractivity contribution >= 4 is 11.6 Å². The number of aliphatic hydroxyl groups is 1. The van der Waals surface area contributed by atoms with E-state index in [1.54, 1.807) is 12.1 Å². The van der Waals surface area contributed by atoms with Gasteiger partial charge >= 0.3 is 0 Å². The monoisotopic (exact) mass is 236 g/mol. The second-order valence-electron chi connectivity index (χ2n) is 4.31. The molecule has 1 heterocycles. The Labute approximate surface area is 99.5 Å². The molecule has 1 fully saturated rings. The number of anilines is 1. The van der Waals surface area contributed by atoms with Gasteiger partial charge in [-0.1, -0.05) is 0 Å². The Balaban J connectivity index is 2.03. The van der Waals surface area contributed by atoms with Crippen LogP contribution in [0.25, 0.3) is 0 Å². The molecule has 2 rings (SSSR count). The summed E-state index contributed by atoms with van der Waals surface area (Å²) in [4.78, 5) is 11.9. The third-order valence-electron chi connectivity index (χ3n) is 2.91. The van der Waals surface area contributed by atoms with E-state index in [2.05, 4.69) is 10.6 Å². The maximum atomic E-state index is 11.9. The molecule has 5 nitrogen and oxygen atoms in total. The lowest BCUT2D eigenvalue weighted by Crippen LogP contribution is -2.53. The number of hydrogen-bond acceptors (Lipinski definition) is 4. The minimum absolute atomic E-state index is 0.140. The number of carbonyl (C=O) groups is 1. The zero-order valence-corrected chi connectivity index (χ0v) is 9.44. The van der Waals surface area contributed by atoms with E-state index in [1.165, 1.54) is 12.1 Å². The van der Waals surface area contributed by atoms with E-state index < -0.39 is 11.5 Å². The van der Waals surface area contributed by atoms with E-state index in [1.807, 2.05) is 0 Å². The van der Waals surface area contributed by atoms with Gasteiger partial charge in [0, 0.05) is 12.2 Å². The smallest absolute Gasteiger partial charge is 0.257 e. The van der Waals surface area contributed by atoms with Gasteiger partial charge in [0.25, 0.3) is 5.91 Å². The van der Waals surface area contributed by atoms with Crippen LogP contribution in [0.3, 0.4) is 0 Å². The molecule has 1 amide bonds. The number of rotatable bonds is 2. The summed E-state index contributed by atoms with van der Waals surface area (Å²) in [5, 5.41) is 24.9. The summed E-state index contributed by atoms with van der Waals surface area (Å²) in [6.07, 6.45) is 1.24. The van der Waals surface area contributed by atoms with Gasteiger partial charge in [0.15, 0.2) is 5.60 Å². The molecule has 5 heteroatoms. The lowest BCUT2D eigenvalue weighted by Gasteiger charge is -2.31. The first-order valence-electron chi connectivity index (χ1n) is 5.64. The van der Waals surface area contributed by atoms with Crippen LogP contribution >= 0.6 is 0 Å². The fourth-order valence-corrected chi connectivity index (χ4v) is 1.88. The number of benzene rings is 1. The van der Waals surface area contributed by atoms with Crippen LogP contribution in [-0.2, 0) is 4.79 Å². The zero-order valence-electron chi connectivity index (χ0n) is 9.44. The second-order valence-corrected chi connectivity index (χ2v) is 4.31. The molecule has 1 unspecified atom stereocenters. The molecule has 1 aromatic carbocycles. The summed E-state index contributed by atoms with van der Waals surface area (Å²) in [5.74, 6) is -0.267. The number of phenols is 1. The lowest BCUT2D eigenvalue weighted by molar-refractivity contribution is -0.135. The van der Waals surface area contributed by atoms with Crippen LogP contribution in [0.2, 0.25) is 0 Å². The van der Waals surface area contributed by atoms with E-state index in [9.17, 15) is 9.90 Å². The molecule has 1 aromatic rings. The molecule has 92 valence electrons. The highest BCUT2D eigenvalue weighted by Gasteiger charge is 2.37. The minimum atomic E-state index is -1.34. The highest BCUT2D eigenvalue weighted by molar-refractivity contribution is 5.97. The van der Waals surface area contributed by atoms with Crippen molar-refractivity contribution in [2.45, 2.75) is 18.4 Å². The number of nitrogens with one attached hydrogen (secondary N) is 2. The van der Waals surface area contributed by atoms with Crippen molar-refractivity contribution in [3.63, 3.8) is 0 Å². The third kappa shape index (κ3) is 2.75. The molecule has 0 radical (unpaired) electrons. The van der Waals surface area contributed by atoms with E-state index in [4.69, 9.17) is 5.11 Å². The summed E-state index contributed by atoms with van der Waals surface area (Å²) in [7, 11) is 0. The number of β-amino-alcohol motifs (C(OH)–C–C–N with tert-alkyl or cyclic N) is 1. The first-order valence-corrected chi connectivity index (χ1v) is 5.64. The predicted octanol–water partition coefficient (Wildman–Crippen LogP) is 0.445. The highest BCUT2D eigenvalue weighted by Crippen LogP contribution is 2.20. The summed E-state index contributed by atoms with van der Waals surface area (Å²) >= 11 is 0. The molecule has 1 aliphatic rings. The van der Waals surface area contributed by atoms with Crippen molar-refractivity contribution < 1.29 is 15.0 Å². The molecule has 0 spiro atoms. The maximum absolute atomic E-state index is 11.9. The van der Waals surface area contributed by atoms with Gasteiger partial charge in [-0.15, -0.1) is 0 Å². The van der Waals surface area contributed by atoms with Gasteiger partial charge in [-0.25, -0.2) is 0 Å². The van der Waals surface area contributed by atoms with Crippen LogP contribution in [-0.4, -0.2) is 34.8 Å². The van der Waals surface area contributed by atoms with Gasteiger partial charge in [0.1, 0.15) is 5.75 Å². The van der Waals surface area contributed by atoms with Crippen molar-refractivity contribution in [1.82, 2.24) is 5.32 Å². The van der Waals surface area contributed by atoms with Gasteiger partial charge in [0.05, 0.1) is 0 Å². The lowest BCUT2D eigenvalue weighted by atomic mass is 9.93. The number of amides is 1. The SMILES string of the molecule is O=C(Nc1ccc(O)cc1)C1(O)CCCNC1. The number of aromatic hydroxyl groups is 1. The van der Waals surface area contributed by atoms with Gasteiger partial charge in [-0.05, 0) is 43.7 Å². The van der Waals surface area contributed by atoms with Gasteiger partial charge in [-0.2, -0.15) is 0 Å². The van der Waals surface area contributed by atoms with Crippen molar-refractivity contribution in [3.05, 3.63) is 24.3 Å². The van der Waals surface area contributed by atoms with Gasteiger partial charge in [-0.3, -0.25) is 4.79 Å². The Bertz CT molecular complexity index is 397. The molecular weight excluding hydrogens is 220 g/mol. The molecule has 0 saturated carbocycles. The molecule has 0 aliphatic carbocycles. The number of piperidine rings is 1. The fraction of sp³-hybridized carbons (Fsp3) is 0.417. The number of phenolic OH excluding ortho intramolecular Hbond substituents is 1. The summed E-state index contributed by atoms with van der Waals surface area (Å²) in [5.41, 5.74) is -0.775. The normalized spacial score (nSPS) is 24.3. The fourth-order valence-electron chi connectivity index (χ4n) is 1.88. The van der Waals surface area contributed by atoms with E-state index >= 15 is 0 Å². The van der Waals surface area contributed by atoms with Crippen molar-refractivity contribution in [3.8, 4) is 5.75 Å². The highest BCUT2D eigenvalue weighted by atomic mass is 16.3. The van der Waals surface area contributed by atoms with E-state index in [0.29, 0.717) is 12.1 Å². The summed E-state index contributed by atoms with van der Waals surface area (Å²) in [6, 6.07) is 6.15. The quantitative estimate of drug-likeness (QED) is 0.562. The topological polar surface area (TPSA) is 81.6 Å². The Hall–Kier alpha value is -1.59. The molecule has 4 N–H and O–H groups in total. The Kier molecular flexibility index (Phi) is 3.31. The first kappa shape index (κ1) is 11.9. The minimum Gasteiger partial charge on any atom is -0.508 e. The number of carbonyl (C=O) groups excluding carboxylic acids is 1. The Morgan fingerprint density at radius 1 is 1.35 bits per heavy atom. The molecule has 0 bridgehead atoms. The van der Waals surface area contributed by atoms with Crippen molar-refractivity contribution in [2.24, 2.45) is 0 Å². The van der Waals surface area contributed by atoms with Crippen LogP contribution in [0.1, 0.15) is 12.8 Å². The first-order chi connectivity index (χ1) is 8.10. The van der Waals surface area contributed by atoms with Gasteiger partial charge < -0.3 is 20.8 Å². The largest absolute Gasteiger partial charge is 0.508 e. The summed E-state index contributed by atoms with van der Waals surface area (Å²) in [6.45, 7) is 1.10. The maximum Gasteiger partial charge on any atom is 0.257 e. The molecular formula is C12H16N2O3. The Morgan fingerprint density at radius 3 is 2.65 bits per heavy atom. The van der Waals surface area contributed by atoms with E-state index in [0.717, 1.165) is 13.0 Å². The predicted molar refractivity (Wildman–Crippen MR) is 63.8 cm³/mol. The van der Waals surface area contributed by atoms with E-state index in [-0.39, 0.29) is 12.3 Å². The Morgan fingerprint density at radius 2 is 2.06 bits per heavy atom. The standard InChI is InChI=1S/C12H16N2O3/c15-10-4-2-9(3-5-10)14-11(16)12(17)6-1-7-13-8-12/h2-5,13,15,17H,1,6-8H2,(H,14,16). The van der Waals surface area contributed by atoms with Crippen LogP contribution in [0, 0.1) is 0 Å². The summed E-state index contributed by atoms with van der Waals surface area (Å²) < 4.78 is 0. The van der Waals surface area contributed by atoms with Crippen molar-refractivity contribution in [2.75, 3.05) is 18.4 Å². The second kappa shape index (κ2) is 4.73. The zero-order chi connectivity index (χ0) is 12.3. The average molecular weight is 236 g/mol. The molecule has 0 aromatic heterocycles. The third-order valence-corrected chi connectivity index (χ3v) is 2.91. The van der Waals surface area contributed by atoms with Crippen LogP contribution < -0.4 is 10.6 Å². The molecule has 1 aliphatic heterocycles. The molecule has 1 atom stereocenters.